The summed E-state index contributed by atoms with van der Waals surface area (Å²) >= 11 is 1.61. The molecule has 0 saturated carbocycles. The fraction of sp³-hybridized carbons (Fsp3) is 0.167. The lowest BCUT2D eigenvalue weighted by Gasteiger charge is -2.03. The van der Waals surface area contributed by atoms with Crippen molar-refractivity contribution in [2.45, 2.75) is 13.2 Å². The molecule has 0 spiro atoms. The summed E-state index contributed by atoms with van der Waals surface area (Å²) in [7, 11) is 0. The normalized spacial score (nSPS) is 10.4. The largest absolute Gasteiger partial charge is 0.488 e. The van der Waals surface area contributed by atoms with Crippen molar-refractivity contribution in [2.75, 3.05) is 0 Å². The molecular weight excluding hydrogens is 225 g/mol. The van der Waals surface area contributed by atoms with Crippen molar-refractivity contribution in [3.63, 3.8) is 0 Å². The fourth-order valence-electron chi connectivity index (χ4n) is 1.32. The zero-order chi connectivity index (χ0) is 11.4. The first-order valence-electron chi connectivity index (χ1n) is 4.94. The molecule has 2 aromatic rings. The van der Waals surface area contributed by atoms with Crippen LogP contribution in [-0.4, -0.2) is 0 Å². The van der Waals surface area contributed by atoms with Gasteiger partial charge in [0, 0.05) is 22.4 Å². The molecule has 0 amide bonds. The van der Waals surface area contributed by atoms with Gasteiger partial charge in [-0.2, -0.15) is 0 Å². The SMILES string of the molecule is NCc1ccc(COc2cccc(F)c2)s1. The standard InChI is InChI=1S/C12H12FNOS/c13-9-2-1-3-10(6-9)15-8-12-5-4-11(7-14)16-12/h1-6H,7-8,14H2. The predicted molar refractivity (Wildman–Crippen MR) is 62.9 cm³/mol. The van der Waals surface area contributed by atoms with Crippen LogP contribution in [0.15, 0.2) is 36.4 Å². The van der Waals surface area contributed by atoms with E-state index in [-0.39, 0.29) is 5.82 Å². The lowest BCUT2D eigenvalue weighted by atomic mass is 10.3. The highest BCUT2D eigenvalue weighted by Gasteiger charge is 2.00. The highest BCUT2D eigenvalue weighted by molar-refractivity contribution is 7.11. The number of rotatable bonds is 4. The maximum Gasteiger partial charge on any atom is 0.126 e. The van der Waals surface area contributed by atoms with Gasteiger partial charge in [0.1, 0.15) is 18.2 Å². The number of hydrogen-bond donors (Lipinski definition) is 1. The van der Waals surface area contributed by atoms with E-state index in [1.54, 1.807) is 23.5 Å². The van der Waals surface area contributed by atoms with E-state index in [0.717, 1.165) is 9.75 Å². The van der Waals surface area contributed by atoms with E-state index in [0.29, 0.717) is 18.9 Å². The molecule has 0 aliphatic heterocycles. The number of benzene rings is 1. The van der Waals surface area contributed by atoms with Crippen molar-refractivity contribution in [3.8, 4) is 5.75 Å². The van der Waals surface area contributed by atoms with Crippen LogP contribution < -0.4 is 10.5 Å². The third-order valence-corrected chi connectivity index (χ3v) is 3.18. The van der Waals surface area contributed by atoms with Crippen LogP contribution in [0.25, 0.3) is 0 Å². The fourth-order valence-corrected chi connectivity index (χ4v) is 2.13. The Morgan fingerprint density at radius 2 is 2.00 bits per heavy atom. The zero-order valence-electron chi connectivity index (χ0n) is 8.65. The molecule has 0 unspecified atom stereocenters. The van der Waals surface area contributed by atoms with Crippen molar-refractivity contribution in [1.82, 2.24) is 0 Å². The Morgan fingerprint density at radius 1 is 1.19 bits per heavy atom. The maximum atomic E-state index is 12.9. The Bertz CT molecular complexity index is 470. The molecule has 1 heterocycles. The van der Waals surface area contributed by atoms with Crippen LogP contribution in [-0.2, 0) is 13.2 Å². The second-order valence-corrected chi connectivity index (χ2v) is 4.57. The number of hydrogen-bond acceptors (Lipinski definition) is 3. The minimum absolute atomic E-state index is 0.286. The first-order valence-corrected chi connectivity index (χ1v) is 5.75. The summed E-state index contributed by atoms with van der Waals surface area (Å²) in [6.07, 6.45) is 0. The van der Waals surface area contributed by atoms with Crippen LogP contribution in [0.3, 0.4) is 0 Å². The molecule has 16 heavy (non-hydrogen) atoms. The van der Waals surface area contributed by atoms with E-state index in [1.807, 2.05) is 12.1 Å². The van der Waals surface area contributed by atoms with E-state index >= 15 is 0 Å². The number of thiophene rings is 1. The molecule has 0 bridgehead atoms. The zero-order valence-corrected chi connectivity index (χ0v) is 9.47. The Hall–Kier alpha value is -1.39. The van der Waals surface area contributed by atoms with Gasteiger partial charge in [-0.05, 0) is 24.3 Å². The summed E-state index contributed by atoms with van der Waals surface area (Å²) in [5.74, 6) is 0.258. The van der Waals surface area contributed by atoms with Gasteiger partial charge in [0.05, 0.1) is 0 Å². The first kappa shape index (κ1) is 11.1. The van der Waals surface area contributed by atoms with Gasteiger partial charge in [0.15, 0.2) is 0 Å². The molecule has 0 aliphatic rings. The average molecular weight is 237 g/mol. The van der Waals surface area contributed by atoms with Crippen molar-refractivity contribution < 1.29 is 9.13 Å². The lowest BCUT2D eigenvalue weighted by Crippen LogP contribution is -1.93. The van der Waals surface area contributed by atoms with Gasteiger partial charge in [-0.15, -0.1) is 11.3 Å². The number of nitrogens with two attached hydrogens (primary N) is 1. The van der Waals surface area contributed by atoms with E-state index in [1.165, 1.54) is 12.1 Å². The van der Waals surface area contributed by atoms with Gasteiger partial charge in [0.2, 0.25) is 0 Å². The second kappa shape index (κ2) is 5.09. The highest BCUT2D eigenvalue weighted by atomic mass is 32.1. The van der Waals surface area contributed by atoms with Crippen LogP contribution in [0.4, 0.5) is 4.39 Å². The van der Waals surface area contributed by atoms with Gasteiger partial charge in [-0.1, -0.05) is 6.07 Å². The van der Waals surface area contributed by atoms with Crippen LogP contribution in [0.1, 0.15) is 9.75 Å². The summed E-state index contributed by atoms with van der Waals surface area (Å²) in [5.41, 5.74) is 5.51. The molecule has 1 aromatic heterocycles. The van der Waals surface area contributed by atoms with E-state index in [2.05, 4.69) is 0 Å². The molecule has 4 heteroatoms. The molecule has 0 fully saturated rings. The molecule has 2 nitrogen and oxygen atoms in total. The molecule has 2 N–H and O–H groups in total. The van der Waals surface area contributed by atoms with Crippen molar-refractivity contribution in [1.29, 1.82) is 0 Å². The Labute approximate surface area is 97.5 Å². The Balaban J connectivity index is 1.96. The summed E-state index contributed by atoms with van der Waals surface area (Å²) in [5, 5.41) is 0. The molecule has 1 aromatic carbocycles. The van der Waals surface area contributed by atoms with E-state index < -0.39 is 0 Å². The van der Waals surface area contributed by atoms with Gasteiger partial charge in [-0.3, -0.25) is 0 Å². The molecule has 84 valence electrons. The monoisotopic (exact) mass is 237 g/mol. The molecular formula is C12H12FNOS. The van der Waals surface area contributed by atoms with Crippen molar-refractivity contribution >= 4 is 11.3 Å². The molecule has 0 atom stereocenters. The quantitative estimate of drug-likeness (QED) is 0.887. The molecule has 0 aliphatic carbocycles. The van der Waals surface area contributed by atoms with E-state index in [4.69, 9.17) is 10.5 Å². The molecule has 0 saturated heterocycles. The Morgan fingerprint density at radius 3 is 2.69 bits per heavy atom. The van der Waals surface area contributed by atoms with Gasteiger partial charge in [-0.25, -0.2) is 4.39 Å². The highest BCUT2D eigenvalue weighted by Crippen LogP contribution is 2.19. The number of halogens is 1. The third-order valence-electron chi connectivity index (χ3n) is 2.10. The minimum atomic E-state index is -0.286. The summed E-state index contributed by atoms with van der Waals surface area (Å²) in [6.45, 7) is 0.999. The van der Waals surface area contributed by atoms with E-state index in [9.17, 15) is 4.39 Å². The smallest absolute Gasteiger partial charge is 0.126 e. The Kier molecular flexibility index (Phi) is 3.54. The summed E-state index contributed by atoms with van der Waals surface area (Å²) < 4.78 is 18.3. The van der Waals surface area contributed by atoms with Crippen LogP contribution in [0.2, 0.25) is 0 Å². The van der Waals surface area contributed by atoms with Gasteiger partial charge >= 0.3 is 0 Å². The second-order valence-electron chi connectivity index (χ2n) is 3.32. The first-order chi connectivity index (χ1) is 7.78. The van der Waals surface area contributed by atoms with Crippen molar-refractivity contribution in [2.24, 2.45) is 5.73 Å². The van der Waals surface area contributed by atoms with Gasteiger partial charge < -0.3 is 10.5 Å². The predicted octanol–water partition coefficient (Wildman–Crippen LogP) is 2.92. The van der Waals surface area contributed by atoms with Crippen LogP contribution >= 0.6 is 11.3 Å². The maximum absolute atomic E-state index is 12.9. The lowest BCUT2D eigenvalue weighted by molar-refractivity contribution is 0.308. The third kappa shape index (κ3) is 2.81. The average Bonchev–Trinajstić information content (AvgIpc) is 2.74. The summed E-state index contributed by atoms with van der Waals surface area (Å²) in [6, 6.07) is 10.1. The van der Waals surface area contributed by atoms with Crippen molar-refractivity contribution in [3.05, 3.63) is 52.0 Å². The molecule has 0 radical (unpaired) electrons. The molecule has 2 rings (SSSR count). The summed E-state index contributed by atoms with van der Waals surface area (Å²) in [4.78, 5) is 2.21. The number of ether oxygens (including phenoxy) is 1. The topological polar surface area (TPSA) is 35.2 Å². The minimum Gasteiger partial charge on any atom is -0.488 e. The van der Waals surface area contributed by atoms with Gasteiger partial charge in [0.25, 0.3) is 0 Å². The van der Waals surface area contributed by atoms with Crippen LogP contribution in [0.5, 0.6) is 5.75 Å². The van der Waals surface area contributed by atoms with Crippen LogP contribution in [0, 0.1) is 5.82 Å².